The van der Waals surface area contributed by atoms with Gasteiger partial charge >= 0.3 is 0 Å². The smallest absolute Gasteiger partial charge is 0.254 e. The van der Waals surface area contributed by atoms with Crippen LogP contribution in [0, 0.1) is 18.8 Å². The van der Waals surface area contributed by atoms with Crippen molar-refractivity contribution in [3.63, 3.8) is 0 Å². The second-order valence-electron chi connectivity index (χ2n) is 9.35. The molecule has 2 heterocycles. The SMILES string of the molecule is Cc1cccc(N2CCN(C(=O)c3cccc(N4C(=O)C5CC=CCC5C4=O)c3)CC2C)c1. The van der Waals surface area contributed by atoms with E-state index in [1.54, 1.807) is 24.3 Å². The molecule has 6 heteroatoms. The Kier molecular flexibility index (Phi) is 5.52. The summed E-state index contributed by atoms with van der Waals surface area (Å²) >= 11 is 0. The first-order valence-corrected chi connectivity index (χ1v) is 11.7. The van der Waals surface area contributed by atoms with Crippen LogP contribution in [0.4, 0.5) is 11.4 Å². The Labute approximate surface area is 194 Å². The largest absolute Gasteiger partial charge is 0.365 e. The Bertz CT molecular complexity index is 1110. The number of aryl methyl sites for hydroxylation is 1. The van der Waals surface area contributed by atoms with Crippen LogP contribution in [0.3, 0.4) is 0 Å². The number of fused-ring (bicyclic) bond motifs is 1. The molecule has 6 nitrogen and oxygen atoms in total. The number of imide groups is 1. The Balaban J connectivity index is 1.32. The van der Waals surface area contributed by atoms with E-state index in [1.807, 2.05) is 17.1 Å². The molecule has 2 aliphatic heterocycles. The molecule has 0 N–H and O–H groups in total. The lowest BCUT2D eigenvalue weighted by atomic mass is 9.85. The number of hydrogen-bond donors (Lipinski definition) is 0. The van der Waals surface area contributed by atoms with Crippen molar-refractivity contribution in [1.29, 1.82) is 0 Å². The summed E-state index contributed by atoms with van der Waals surface area (Å²) in [6, 6.07) is 15.6. The Morgan fingerprint density at radius 2 is 1.55 bits per heavy atom. The highest BCUT2D eigenvalue weighted by Gasteiger charge is 2.47. The quantitative estimate of drug-likeness (QED) is 0.535. The minimum absolute atomic E-state index is 0.0641. The molecule has 170 valence electrons. The summed E-state index contributed by atoms with van der Waals surface area (Å²) in [5.41, 5.74) is 3.41. The van der Waals surface area contributed by atoms with Gasteiger partial charge in [-0.1, -0.05) is 30.4 Å². The molecule has 3 unspecified atom stereocenters. The van der Waals surface area contributed by atoms with Gasteiger partial charge in [0.05, 0.1) is 17.5 Å². The van der Waals surface area contributed by atoms with Crippen LogP contribution in [0.1, 0.15) is 35.7 Å². The van der Waals surface area contributed by atoms with E-state index in [9.17, 15) is 14.4 Å². The van der Waals surface area contributed by atoms with Crippen LogP contribution in [0.25, 0.3) is 0 Å². The molecule has 2 aromatic carbocycles. The lowest BCUT2D eigenvalue weighted by Crippen LogP contribution is -2.53. The van der Waals surface area contributed by atoms with Crippen LogP contribution in [-0.4, -0.2) is 48.3 Å². The van der Waals surface area contributed by atoms with Crippen molar-refractivity contribution < 1.29 is 14.4 Å². The minimum atomic E-state index is -0.280. The lowest BCUT2D eigenvalue weighted by Gasteiger charge is -2.41. The summed E-state index contributed by atoms with van der Waals surface area (Å²) < 4.78 is 0. The molecule has 0 aromatic heterocycles. The summed E-state index contributed by atoms with van der Waals surface area (Å²) in [5.74, 6) is -0.931. The molecule has 2 fully saturated rings. The molecule has 5 rings (SSSR count). The molecule has 1 aliphatic carbocycles. The molecule has 3 amide bonds. The van der Waals surface area contributed by atoms with Crippen molar-refractivity contribution in [3.05, 3.63) is 71.8 Å². The first-order chi connectivity index (χ1) is 15.9. The van der Waals surface area contributed by atoms with Crippen LogP contribution < -0.4 is 9.80 Å². The van der Waals surface area contributed by atoms with Gasteiger partial charge in [-0.3, -0.25) is 19.3 Å². The summed E-state index contributed by atoms with van der Waals surface area (Å²) in [6.07, 6.45) is 5.17. The maximum atomic E-state index is 13.3. The number of rotatable bonds is 3. The van der Waals surface area contributed by atoms with Crippen molar-refractivity contribution >= 4 is 29.1 Å². The average molecular weight is 444 g/mol. The fourth-order valence-corrected chi connectivity index (χ4v) is 5.35. The van der Waals surface area contributed by atoms with E-state index in [2.05, 4.69) is 43.0 Å². The van der Waals surface area contributed by atoms with E-state index in [0.717, 1.165) is 6.54 Å². The van der Waals surface area contributed by atoms with E-state index < -0.39 is 0 Å². The third-order valence-electron chi connectivity index (χ3n) is 7.11. The molecular weight excluding hydrogens is 414 g/mol. The summed E-state index contributed by atoms with van der Waals surface area (Å²) in [7, 11) is 0. The second-order valence-corrected chi connectivity index (χ2v) is 9.35. The third kappa shape index (κ3) is 3.84. The molecule has 3 aliphatic rings. The highest BCUT2D eigenvalue weighted by atomic mass is 16.2. The van der Waals surface area contributed by atoms with Crippen LogP contribution in [0.5, 0.6) is 0 Å². The number of anilines is 2. The molecule has 0 radical (unpaired) electrons. The van der Waals surface area contributed by atoms with Gasteiger partial charge in [-0.25, -0.2) is 0 Å². The van der Waals surface area contributed by atoms with Crippen LogP contribution in [0.15, 0.2) is 60.7 Å². The first kappa shape index (κ1) is 21.4. The van der Waals surface area contributed by atoms with Crippen LogP contribution in [-0.2, 0) is 9.59 Å². The van der Waals surface area contributed by atoms with E-state index in [-0.39, 0.29) is 35.6 Å². The number of carbonyl (C=O) groups excluding carboxylic acids is 3. The predicted molar refractivity (Wildman–Crippen MR) is 128 cm³/mol. The van der Waals surface area contributed by atoms with Crippen molar-refractivity contribution in [2.45, 2.75) is 32.7 Å². The molecule has 0 bridgehead atoms. The number of piperazine rings is 1. The zero-order valence-corrected chi connectivity index (χ0v) is 19.1. The van der Waals surface area contributed by atoms with Gasteiger partial charge in [0.25, 0.3) is 5.91 Å². The monoisotopic (exact) mass is 443 g/mol. The van der Waals surface area contributed by atoms with E-state index in [0.29, 0.717) is 37.2 Å². The molecule has 33 heavy (non-hydrogen) atoms. The Morgan fingerprint density at radius 3 is 2.21 bits per heavy atom. The molecule has 2 aromatic rings. The average Bonchev–Trinajstić information content (AvgIpc) is 3.08. The fraction of sp³-hybridized carbons (Fsp3) is 0.370. The number of amides is 3. The fourth-order valence-electron chi connectivity index (χ4n) is 5.35. The van der Waals surface area contributed by atoms with Gasteiger partial charge in [-0.15, -0.1) is 0 Å². The minimum Gasteiger partial charge on any atom is -0.365 e. The van der Waals surface area contributed by atoms with Crippen molar-refractivity contribution in [2.24, 2.45) is 11.8 Å². The van der Waals surface area contributed by atoms with Crippen LogP contribution >= 0.6 is 0 Å². The van der Waals surface area contributed by atoms with Gasteiger partial charge in [-0.2, -0.15) is 0 Å². The maximum Gasteiger partial charge on any atom is 0.254 e. The van der Waals surface area contributed by atoms with Gasteiger partial charge in [0.1, 0.15) is 0 Å². The summed E-state index contributed by atoms with van der Waals surface area (Å²) in [6.45, 7) is 6.22. The van der Waals surface area contributed by atoms with Crippen molar-refractivity contribution in [2.75, 3.05) is 29.4 Å². The van der Waals surface area contributed by atoms with Crippen LogP contribution in [0.2, 0.25) is 0 Å². The van der Waals surface area contributed by atoms with Gasteiger partial charge in [-0.05, 0) is 62.6 Å². The van der Waals surface area contributed by atoms with Crippen molar-refractivity contribution in [1.82, 2.24) is 4.90 Å². The zero-order chi connectivity index (χ0) is 23.1. The number of carbonyl (C=O) groups is 3. The van der Waals surface area contributed by atoms with Gasteiger partial charge < -0.3 is 9.80 Å². The van der Waals surface area contributed by atoms with Gasteiger partial charge in [0.2, 0.25) is 11.8 Å². The Morgan fingerprint density at radius 1 is 0.879 bits per heavy atom. The van der Waals surface area contributed by atoms with E-state index in [4.69, 9.17) is 0 Å². The molecule has 0 spiro atoms. The van der Waals surface area contributed by atoms with E-state index in [1.165, 1.54) is 16.2 Å². The molecular formula is C27H29N3O3. The summed E-state index contributed by atoms with van der Waals surface area (Å²) in [5, 5.41) is 0. The second kappa shape index (κ2) is 8.50. The maximum absolute atomic E-state index is 13.3. The molecule has 0 saturated carbocycles. The standard InChI is InChI=1S/C27H29N3O3/c1-18-7-5-9-21(15-18)29-14-13-28(17-19(29)2)25(31)20-8-6-10-22(16-20)30-26(32)23-11-3-4-12-24(23)27(30)33/h3-10,15-16,19,23-24H,11-14,17H2,1-2H3. The van der Waals surface area contributed by atoms with Gasteiger partial charge in [0, 0.05) is 36.9 Å². The number of allylic oxidation sites excluding steroid dienone is 2. The topological polar surface area (TPSA) is 60.9 Å². The zero-order valence-electron chi connectivity index (χ0n) is 19.1. The number of benzene rings is 2. The highest BCUT2D eigenvalue weighted by molar-refractivity contribution is 6.22. The number of nitrogens with zero attached hydrogens (tertiary/aromatic N) is 3. The molecule has 2 saturated heterocycles. The number of hydrogen-bond acceptors (Lipinski definition) is 4. The lowest BCUT2D eigenvalue weighted by molar-refractivity contribution is -0.122. The first-order valence-electron chi connectivity index (χ1n) is 11.7. The molecule has 3 atom stereocenters. The van der Waals surface area contributed by atoms with E-state index >= 15 is 0 Å². The highest BCUT2D eigenvalue weighted by Crippen LogP contribution is 2.38. The normalized spacial score (nSPS) is 24.9. The van der Waals surface area contributed by atoms with Gasteiger partial charge in [0.15, 0.2) is 0 Å². The Hall–Kier alpha value is -3.41. The van der Waals surface area contributed by atoms with Crippen molar-refractivity contribution in [3.8, 4) is 0 Å². The summed E-state index contributed by atoms with van der Waals surface area (Å²) in [4.78, 5) is 44.7. The predicted octanol–water partition coefficient (Wildman–Crippen LogP) is 3.80. The third-order valence-corrected chi connectivity index (χ3v) is 7.11.